The summed E-state index contributed by atoms with van der Waals surface area (Å²) in [5, 5.41) is 1.77. The van der Waals surface area contributed by atoms with Crippen molar-refractivity contribution < 1.29 is 9.21 Å². The van der Waals surface area contributed by atoms with Crippen LogP contribution in [0.25, 0.3) is 10.9 Å². The second kappa shape index (κ2) is 7.48. The number of carbonyl (C=O) groups is 1. The number of aromatic nitrogens is 1. The van der Waals surface area contributed by atoms with Crippen LogP contribution in [-0.2, 0) is 6.54 Å². The predicted octanol–water partition coefficient (Wildman–Crippen LogP) is 3.83. The summed E-state index contributed by atoms with van der Waals surface area (Å²) in [6, 6.07) is 13.3. The summed E-state index contributed by atoms with van der Waals surface area (Å²) in [4.78, 5) is 21.4. The van der Waals surface area contributed by atoms with Crippen molar-refractivity contribution in [3.05, 3.63) is 65.2 Å². The molecule has 5 nitrogen and oxygen atoms in total. The molecular formula is C20H20ClN3O2. The van der Waals surface area contributed by atoms with E-state index in [9.17, 15) is 4.79 Å². The first kappa shape index (κ1) is 17.1. The van der Waals surface area contributed by atoms with Gasteiger partial charge in [-0.1, -0.05) is 17.7 Å². The fourth-order valence-corrected chi connectivity index (χ4v) is 3.52. The van der Waals surface area contributed by atoms with E-state index in [4.69, 9.17) is 21.0 Å². The van der Waals surface area contributed by atoms with Crippen molar-refractivity contribution in [1.29, 1.82) is 0 Å². The molecule has 1 saturated heterocycles. The van der Waals surface area contributed by atoms with E-state index in [0.29, 0.717) is 12.3 Å². The first-order valence-corrected chi connectivity index (χ1v) is 9.17. The van der Waals surface area contributed by atoms with E-state index >= 15 is 0 Å². The summed E-state index contributed by atoms with van der Waals surface area (Å²) < 4.78 is 5.24. The van der Waals surface area contributed by atoms with E-state index in [-0.39, 0.29) is 5.91 Å². The molecule has 0 atom stereocenters. The Balaban J connectivity index is 1.41. The molecule has 0 radical (unpaired) electrons. The Morgan fingerprint density at radius 1 is 1.12 bits per heavy atom. The van der Waals surface area contributed by atoms with Gasteiger partial charge in [0.05, 0.1) is 17.5 Å². The van der Waals surface area contributed by atoms with Crippen molar-refractivity contribution >= 4 is 28.4 Å². The third kappa shape index (κ3) is 3.74. The van der Waals surface area contributed by atoms with Crippen molar-refractivity contribution in [2.45, 2.75) is 13.0 Å². The summed E-state index contributed by atoms with van der Waals surface area (Å²) in [5.74, 6) is 0.380. The molecule has 1 aromatic carbocycles. The Kier molecular flexibility index (Phi) is 4.91. The molecule has 1 aliphatic rings. The van der Waals surface area contributed by atoms with Crippen LogP contribution >= 0.6 is 11.6 Å². The lowest BCUT2D eigenvalue weighted by Gasteiger charge is -2.21. The van der Waals surface area contributed by atoms with Gasteiger partial charge in [-0.2, -0.15) is 0 Å². The molecule has 2 aromatic heterocycles. The fourth-order valence-electron chi connectivity index (χ4n) is 3.34. The molecule has 3 heterocycles. The molecule has 0 aliphatic carbocycles. The van der Waals surface area contributed by atoms with Crippen LogP contribution in [0, 0.1) is 0 Å². The average Bonchev–Trinajstić information content (AvgIpc) is 3.09. The summed E-state index contributed by atoms with van der Waals surface area (Å²) in [7, 11) is 0. The van der Waals surface area contributed by atoms with E-state index in [0.717, 1.165) is 54.2 Å². The van der Waals surface area contributed by atoms with Crippen molar-refractivity contribution in [2.24, 2.45) is 0 Å². The van der Waals surface area contributed by atoms with Gasteiger partial charge in [0.15, 0.2) is 5.76 Å². The lowest BCUT2D eigenvalue weighted by Crippen LogP contribution is -2.35. The van der Waals surface area contributed by atoms with Gasteiger partial charge >= 0.3 is 0 Å². The number of nitrogens with zero attached hydrogens (tertiary/aromatic N) is 3. The van der Waals surface area contributed by atoms with Crippen LogP contribution in [0.1, 0.15) is 22.7 Å². The third-order valence-electron chi connectivity index (χ3n) is 4.70. The molecule has 0 N–H and O–H groups in total. The molecule has 4 rings (SSSR count). The summed E-state index contributed by atoms with van der Waals surface area (Å²) in [6.07, 6.45) is 2.48. The number of amides is 1. The minimum absolute atomic E-state index is 0.0300. The molecule has 0 spiro atoms. The topological polar surface area (TPSA) is 49.6 Å². The van der Waals surface area contributed by atoms with Gasteiger partial charge in [-0.3, -0.25) is 14.7 Å². The molecule has 134 valence electrons. The largest absolute Gasteiger partial charge is 0.459 e. The van der Waals surface area contributed by atoms with E-state index in [1.165, 1.54) is 6.26 Å². The molecule has 0 saturated carbocycles. The first-order valence-electron chi connectivity index (χ1n) is 8.79. The molecule has 1 fully saturated rings. The lowest BCUT2D eigenvalue weighted by molar-refractivity contribution is 0.0729. The van der Waals surface area contributed by atoms with Gasteiger partial charge in [0, 0.05) is 43.1 Å². The second-order valence-electron chi connectivity index (χ2n) is 6.54. The maximum atomic E-state index is 12.4. The van der Waals surface area contributed by atoms with E-state index < -0.39 is 0 Å². The number of pyridine rings is 1. The zero-order chi connectivity index (χ0) is 17.9. The number of rotatable bonds is 3. The highest BCUT2D eigenvalue weighted by Crippen LogP contribution is 2.19. The summed E-state index contributed by atoms with van der Waals surface area (Å²) >= 11 is 6.03. The minimum atomic E-state index is -0.0300. The Morgan fingerprint density at radius 3 is 2.88 bits per heavy atom. The van der Waals surface area contributed by atoms with Gasteiger partial charge in [0.25, 0.3) is 5.91 Å². The lowest BCUT2D eigenvalue weighted by atomic mass is 10.2. The molecule has 1 aliphatic heterocycles. The number of carbonyl (C=O) groups excluding carboxylic acids is 1. The number of hydrogen-bond acceptors (Lipinski definition) is 4. The number of furan rings is 1. The van der Waals surface area contributed by atoms with Crippen molar-refractivity contribution in [3.63, 3.8) is 0 Å². The van der Waals surface area contributed by atoms with Crippen molar-refractivity contribution in [1.82, 2.24) is 14.8 Å². The third-order valence-corrected chi connectivity index (χ3v) is 4.94. The Bertz CT molecular complexity index is 911. The van der Waals surface area contributed by atoms with E-state index in [1.807, 2.05) is 23.1 Å². The monoisotopic (exact) mass is 369 g/mol. The molecule has 26 heavy (non-hydrogen) atoms. The van der Waals surface area contributed by atoms with Crippen LogP contribution in [0.5, 0.6) is 0 Å². The zero-order valence-corrected chi connectivity index (χ0v) is 15.2. The number of halogens is 1. The average molecular weight is 370 g/mol. The highest BCUT2D eigenvalue weighted by Gasteiger charge is 2.22. The predicted molar refractivity (Wildman–Crippen MR) is 101 cm³/mol. The van der Waals surface area contributed by atoms with Crippen LogP contribution < -0.4 is 0 Å². The fraction of sp³-hybridized carbons (Fsp3) is 0.300. The maximum Gasteiger partial charge on any atom is 0.289 e. The Labute approximate surface area is 157 Å². The molecule has 0 bridgehead atoms. The van der Waals surface area contributed by atoms with Gasteiger partial charge < -0.3 is 9.32 Å². The summed E-state index contributed by atoms with van der Waals surface area (Å²) in [6.45, 7) is 4.00. The SMILES string of the molecule is O=C(c1ccco1)N1CCCN(Cc2ccc3cc(Cl)ccc3n2)CC1. The number of benzene rings is 1. The van der Waals surface area contributed by atoms with Gasteiger partial charge in [-0.25, -0.2) is 0 Å². The second-order valence-corrected chi connectivity index (χ2v) is 6.98. The maximum absolute atomic E-state index is 12.4. The van der Waals surface area contributed by atoms with Crippen molar-refractivity contribution in [2.75, 3.05) is 26.2 Å². The van der Waals surface area contributed by atoms with Crippen LogP contribution in [-0.4, -0.2) is 46.9 Å². The molecular weight excluding hydrogens is 350 g/mol. The van der Waals surface area contributed by atoms with E-state index in [1.54, 1.807) is 12.1 Å². The number of hydrogen-bond donors (Lipinski definition) is 0. The van der Waals surface area contributed by atoms with E-state index in [2.05, 4.69) is 17.0 Å². The first-order chi connectivity index (χ1) is 12.7. The van der Waals surface area contributed by atoms with Crippen LogP contribution in [0.4, 0.5) is 0 Å². The van der Waals surface area contributed by atoms with Gasteiger partial charge in [0.1, 0.15) is 0 Å². The minimum Gasteiger partial charge on any atom is -0.459 e. The Morgan fingerprint density at radius 2 is 2.04 bits per heavy atom. The quantitative estimate of drug-likeness (QED) is 0.704. The Hall–Kier alpha value is -2.37. The molecule has 6 heteroatoms. The van der Waals surface area contributed by atoms with Crippen molar-refractivity contribution in [3.8, 4) is 0 Å². The smallest absolute Gasteiger partial charge is 0.289 e. The van der Waals surface area contributed by atoms with Gasteiger partial charge in [-0.05, 0) is 42.8 Å². The molecule has 1 amide bonds. The zero-order valence-electron chi connectivity index (χ0n) is 14.4. The number of fused-ring (bicyclic) bond motifs is 1. The van der Waals surface area contributed by atoms with Crippen LogP contribution in [0.3, 0.4) is 0 Å². The highest BCUT2D eigenvalue weighted by molar-refractivity contribution is 6.31. The summed E-state index contributed by atoms with van der Waals surface area (Å²) in [5.41, 5.74) is 1.99. The van der Waals surface area contributed by atoms with Gasteiger partial charge in [0.2, 0.25) is 0 Å². The van der Waals surface area contributed by atoms with Crippen LogP contribution in [0.2, 0.25) is 5.02 Å². The van der Waals surface area contributed by atoms with Gasteiger partial charge in [-0.15, -0.1) is 0 Å². The molecule has 3 aromatic rings. The van der Waals surface area contributed by atoms with Crippen LogP contribution in [0.15, 0.2) is 53.1 Å². The normalized spacial score (nSPS) is 16.0. The highest BCUT2D eigenvalue weighted by atomic mass is 35.5. The standard InChI is InChI=1S/C20H20ClN3O2/c21-16-5-7-18-15(13-16)4-6-17(22-18)14-23-8-2-9-24(11-10-23)20(25)19-3-1-12-26-19/h1,3-7,12-13H,2,8-11,14H2. The molecule has 0 unspecified atom stereocenters.